The largest absolute Gasteiger partial charge is 0.477 e. The molecule has 0 bridgehead atoms. The van der Waals surface area contributed by atoms with Gasteiger partial charge in [-0.05, 0) is 23.8 Å². The van der Waals surface area contributed by atoms with E-state index in [9.17, 15) is 27.9 Å². The zero-order valence-electron chi connectivity index (χ0n) is 24.5. The summed E-state index contributed by atoms with van der Waals surface area (Å²) in [5, 5.41) is 13.2. The van der Waals surface area contributed by atoms with Crippen LogP contribution in [0.1, 0.15) is 6.42 Å². The minimum Gasteiger partial charge on any atom is -0.477 e. The number of nitrogens with zero attached hydrogens (tertiary/aromatic N) is 3. The molecule has 0 radical (unpaired) electrons. The second-order valence-electron chi connectivity index (χ2n) is 11.2. The number of hydrogen-bond donors (Lipinski definition) is 3. The number of fused-ring (bicyclic) bond motifs is 1. The Hall–Kier alpha value is -1.98. The monoisotopic (exact) mass is 736 g/mol. The van der Waals surface area contributed by atoms with Crippen molar-refractivity contribution >= 4 is 86.4 Å². The summed E-state index contributed by atoms with van der Waals surface area (Å²) in [4.78, 5) is 40.7. The van der Waals surface area contributed by atoms with Crippen molar-refractivity contribution in [2.24, 2.45) is 0 Å². The van der Waals surface area contributed by atoms with Gasteiger partial charge in [0.15, 0.2) is 18.9 Å². The van der Waals surface area contributed by atoms with Crippen LogP contribution in [0.25, 0.3) is 0 Å². The normalized spacial score (nSPS) is 18.4. The number of carbonyl (C=O) groups excluding carboxylic acids is 2. The fourth-order valence-corrected chi connectivity index (χ4v) is 8.94. The number of benzene rings is 1. The van der Waals surface area contributed by atoms with Crippen molar-refractivity contribution in [1.82, 2.24) is 10.2 Å². The van der Waals surface area contributed by atoms with Crippen LogP contribution in [-0.4, -0.2) is 107 Å². The number of hydrogen-bond acceptors (Lipinski definition) is 8. The van der Waals surface area contributed by atoms with Gasteiger partial charge >= 0.3 is 5.97 Å². The predicted molar refractivity (Wildman–Crippen MR) is 177 cm³/mol. The fourth-order valence-electron chi connectivity index (χ4n) is 4.77. The smallest absolute Gasteiger partial charge is 0.352 e. The molecule has 0 aliphatic carbocycles. The Balaban J connectivity index is 1.29. The minimum absolute atomic E-state index is 0.0236. The number of halogens is 2. The Bertz CT molecular complexity index is 1590. The molecule has 45 heavy (non-hydrogen) atoms. The summed E-state index contributed by atoms with van der Waals surface area (Å²) >= 11 is 16.3. The number of quaternary nitrogens is 1. The van der Waals surface area contributed by atoms with Gasteiger partial charge in [0.1, 0.15) is 23.7 Å². The summed E-state index contributed by atoms with van der Waals surface area (Å²) in [6.07, 6.45) is 4.24. The molecule has 0 saturated carbocycles. The first-order chi connectivity index (χ1) is 21.1. The summed E-state index contributed by atoms with van der Waals surface area (Å²) in [5.41, 5.74) is 0.612. The molecule has 1 aromatic carbocycles. The van der Waals surface area contributed by atoms with E-state index in [4.69, 9.17) is 27.8 Å². The van der Waals surface area contributed by atoms with E-state index in [0.29, 0.717) is 56.0 Å². The number of rotatable bonds is 15. The second-order valence-corrected chi connectivity index (χ2v) is 16.7. The topological polar surface area (TPSA) is 145 Å². The molecule has 244 valence electrons. The number of pyridine rings is 1. The molecular formula is C28H34Cl2N4O7S4+2. The zero-order valence-corrected chi connectivity index (χ0v) is 29.3. The second kappa shape index (κ2) is 15.3. The highest BCUT2D eigenvalue weighted by atomic mass is 35.5. The molecular weight excluding hydrogens is 704 g/mol. The Labute approximate surface area is 285 Å². The van der Waals surface area contributed by atoms with E-state index in [0.717, 1.165) is 11.4 Å². The van der Waals surface area contributed by atoms with Crippen molar-refractivity contribution < 1.29 is 41.5 Å². The third-order valence-electron chi connectivity index (χ3n) is 7.22. The van der Waals surface area contributed by atoms with Crippen LogP contribution < -0.4 is 9.88 Å². The molecule has 3 N–H and O–H groups in total. The molecule has 0 spiro atoms. The number of thioether (sulfide) groups is 3. The van der Waals surface area contributed by atoms with E-state index >= 15 is 0 Å². The number of β-lactam (4-membered cyclic amide) rings is 1. The lowest BCUT2D eigenvalue weighted by Crippen LogP contribution is -2.70. The molecule has 2 aliphatic rings. The lowest BCUT2D eigenvalue weighted by Gasteiger charge is -2.49. The molecule has 1 fully saturated rings. The first-order valence-electron chi connectivity index (χ1n) is 13.8. The number of aliphatic carboxylic acids is 1. The predicted octanol–water partition coefficient (Wildman–Crippen LogP) is 3.26. The van der Waals surface area contributed by atoms with Gasteiger partial charge in [0, 0.05) is 44.9 Å². The van der Waals surface area contributed by atoms with E-state index in [1.807, 2.05) is 43.2 Å². The number of amides is 2. The Morgan fingerprint density at radius 3 is 2.53 bits per heavy atom. The van der Waals surface area contributed by atoms with E-state index in [1.165, 1.54) is 40.2 Å². The zero-order chi connectivity index (χ0) is 32.9. The Morgan fingerprint density at radius 2 is 1.87 bits per heavy atom. The molecule has 2 atom stereocenters. The van der Waals surface area contributed by atoms with Crippen LogP contribution in [0.15, 0.2) is 63.8 Å². The van der Waals surface area contributed by atoms with Crippen molar-refractivity contribution in [1.29, 1.82) is 0 Å². The van der Waals surface area contributed by atoms with E-state index in [1.54, 1.807) is 18.2 Å². The third-order valence-corrected chi connectivity index (χ3v) is 12.2. The molecule has 2 amide bonds. The molecule has 2 aliphatic heterocycles. The summed E-state index contributed by atoms with van der Waals surface area (Å²) < 4.78 is 33.5. The quantitative estimate of drug-likeness (QED) is 0.0820. The van der Waals surface area contributed by atoms with Crippen molar-refractivity contribution in [3.8, 4) is 0 Å². The van der Waals surface area contributed by atoms with Crippen LogP contribution >= 0.6 is 58.5 Å². The Kier molecular flexibility index (Phi) is 12.2. The minimum atomic E-state index is -3.96. The maximum atomic E-state index is 13.0. The fraction of sp³-hybridized carbons (Fsp3) is 0.429. The van der Waals surface area contributed by atoms with E-state index in [-0.39, 0.29) is 23.1 Å². The SMILES string of the molecule is C[N+](C)(CCCS(=O)(=O)O)CC[n+]1ccc(SCC2=C(C(=O)O)N3C(=O)C(NC(=O)CSc4cc(Cl)ccc4Cl)C3SC2)cc1. The molecule has 2 aromatic rings. The molecule has 17 heteroatoms. The number of aromatic nitrogens is 1. The number of nitrogens with one attached hydrogen (secondary N) is 1. The average molecular weight is 738 g/mol. The first-order valence-corrected chi connectivity index (χ1v) is 19.2. The van der Waals surface area contributed by atoms with Gasteiger partial charge in [-0.15, -0.1) is 35.3 Å². The highest BCUT2D eigenvalue weighted by Gasteiger charge is 2.54. The van der Waals surface area contributed by atoms with Crippen LogP contribution in [0.3, 0.4) is 0 Å². The van der Waals surface area contributed by atoms with Crippen LogP contribution in [0.2, 0.25) is 10.0 Å². The third kappa shape index (κ3) is 10.0. The highest BCUT2D eigenvalue weighted by Crippen LogP contribution is 2.41. The highest BCUT2D eigenvalue weighted by molar-refractivity contribution is 8.01. The number of carboxylic acids is 1. The van der Waals surface area contributed by atoms with Crippen LogP contribution in [0.4, 0.5) is 0 Å². The average Bonchev–Trinajstić information content (AvgIpc) is 2.97. The molecule has 11 nitrogen and oxygen atoms in total. The molecule has 3 heterocycles. The number of likely N-dealkylation sites (N-methyl/N-ethyl adjacent to an activating group) is 1. The maximum Gasteiger partial charge on any atom is 0.352 e. The van der Waals surface area contributed by atoms with Gasteiger partial charge in [-0.2, -0.15) is 13.0 Å². The lowest BCUT2D eigenvalue weighted by molar-refractivity contribution is -0.909. The first kappa shape index (κ1) is 35.9. The Morgan fingerprint density at radius 1 is 1.16 bits per heavy atom. The van der Waals surface area contributed by atoms with Gasteiger partial charge in [-0.3, -0.25) is 19.0 Å². The van der Waals surface area contributed by atoms with Crippen molar-refractivity contribution in [3.63, 3.8) is 0 Å². The molecule has 1 aromatic heterocycles. The standard InChI is InChI=1S/C28H32Cl2N4O7S4/c1-34(2,11-3-13-45(39,40)41)12-10-32-8-6-20(7-9-32)42-15-18-16-44-27-24(26(36)33(27)25(18)28(37)38)31-23(35)17-43-22-14-19(29)4-5-21(22)30/h4-9,14,24,27H,3,10-13,15-17H2,1-2H3,(H-2,31,35,37,38,39,40,41)/p+2. The summed E-state index contributed by atoms with van der Waals surface area (Å²) in [7, 11) is 0.0514. The number of carbonyl (C=O) groups is 3. The lowest BCUT2D eigenvalue weighted by atomic mass is 10.0. The summed E-state index contributed by atoms with van der Waals surface area (Å²) in [5.74, 6) is -1.42. The van der Waals surface area contributed by atoms with E-state index < -0.39 is 33.4 Å². The van der Waals surface area contributed by atoms with Gasteiger partial charge in [-0.25, -0.2) is 4.79 Å². The van der Waals surface area contributed by atoms with E-state index in [2.05, 4.69) is 5.32 Å². The van der Waals surface area contributed by atoms with Crippen LogP contribution in [0, 0.1) is 0 Å². The summed E-state index contributed by atoms with van der Waals surface area (Å²) in [6, 6.07) is 8.03. The maximum absolute atomic E-state index is 13.0. The van der Waals surface area contributed by atoms with Gasteiger partial charge in [0.2, 0.25) is 5.91 Å². The molecule has 2 unspecified atom stereocenters. The molecule has 1 saturated heterocycles. The van der Waals surface area contributed by atoms with Crippen LogP contribution in [0.5, 0.6) is 0 Å². The van der Waals surface area contributed by atoms with Gasteiger partial charge in [-0.1, -0.05) is 23.2 Å². The number of carboxylic acid groups (broad SMARTS) is 1. The van der Waals surface area contributed by atoms with Gasteiger partial charge in [0.05, 0.1) is 37.2 Å². The van der Waals surface area contributed by atoms with Gasteiger partial charge < -0.3 is 14.9 Å². The molecule has 4 rings (SSSR count). The summed E-state index contributed by atoms with van der Waals surface area (Å²) in [6.45, 7) is 2.08. The van der Waals surface area contributed by atoms with Gasteiger partial charge in [0.25, 0.3) is 16.0 Å². The van der Waals surface area contributed by atoms with Crippen molar-refractivity contribution in [2.45, 2.75) is 34.2 Å². The van der Waals surface area contributed by atoms with Crippen molar-refractivity contribution in [2.75, 3.05) is 50.2 Å². The van der Waals surface area contributed by atoms with Crippen molar-refractivity contribution in [3.05, 3.63) is 64.0 Å². The van der Waals surface area contributed by atoms with Crippen LogP contribution in [-0.2, 0) is 31.0 Å².